The Bertz CT molecular complexity index is 879. The number of aryl methyl sites for hydroxylation is 1. The van der Waals surface area contributed by atoms with Crippen molar-refractivity contribution in [1.29, 1.82) is 0 Å². The van der Waals surface area contributed by atoms with Gasteiger partial charge in [-0.3, -0.25) is 4.90 Å². The first-order valence-corrected chi connectivity index (χ1v) is 8.95. The van der Waals surface area contributed by atoms with Crippen molar-refractivity contribution in [1.82, 2.24) is 20.0 Å². The minimum absolute atomic E-state index is 0.0239. The maximum atomic E-state index is 14.0. The molecule has 3 heterocycles. The lowest BCUT2D eigenvalue weighted by atomic mass is 10.1. The van der Waals surface area contributed by atoms with E-state index >= 15 is 0 Å². The summed E-state index contributed by atoms with van der Waals surface area (Å²) in [5.74, 6) is 1.00. The highest BCUT2D eigenvalue weighted by Gasteiger charge is 2.31. The van der Waals surface area contributed by atoms with Gasteiger partial charge in [0, 0.05) is 30.6 Å². The Morgan fingerprint density at radius 2 is 2.08 bits per heavy atom. The zero-order valence-corrected chi connectivity index (χ0v) is 14.8. The molecule has 1 aliphatic heterocycles. The summed E-state index contributed by atoms with van der Waals surface area (Å²) in [4.78, 5) is 13.4. The Morgan fingerprint density at radius 1 is 1.24 bits per heavy atom. The molecule has 0 saturated carbocycles. The van der Waals surface area contributed by atoms with Gasteiger partial charge in [0.15, 0.2) is 11.0 Å². The summed E-state index contributed by atoms with van der Waals surface area (Å²) in [5.41, 5.74) is 1.20. The van der Waals surface area contributed by atoms with E-state index in [1.165, 1.54) is 17.4 Å². The molecule has 1 aliphatic rings. The van der Waals surface area contributed by atoms with E-state index < -0.39 is 0 Å². The van der Waals surface area contributed by atoms with Crippen molar-refractivity contribution in [2.75, 3.05) is 31.6 Å². The third-order valence-electron chi connectivity index (χ3n) is 4.39. The fraction of sp³-hybridized carbons (Fsp3) is 0.353. The lowest BCUT2D eigenvalue weighted by Gasteiger charge is -2.37. The van der Waals surface area contributed by atoms with E-state index in [1.807, 2.05) is 25.4 Å². The Morgan fingerprint density at radius 3 is 2.84 bits per heavy atom. The molecule has 0 N–H and O–H groups in total. The minimum atomic E-state index is -0.253. The van der Waals surface area contributed by atoms with E-state index in [2.05, 4.69) is 24.9 Å². The topological polar surface area (TPSA) is 58.3 Å². The normalized spacial score (nSPS) is 18.7. The van der Waals surface area contributed by atoms with Crippen LogP contribution in [0.2, 0.25) is 0 Å². The van der Waals surface area contributed by atoms with Crippen molar-refractivity contribution in [3.8, 4) is 11.3 Å². The maximum absolute atomic E-state index is 14.0. The third-order valence-corrected chi connectivity index (χ3v) is 5.29. The van der Waals surface area contributed by atoms with Crippen LogP contribution in [0.1, 0.15) is 17.8 Å². The molecule has 1 saturated heterocycles. The number of piperazine rings is 1. The molecule has 0 spiro atoms. The number of rotatable bonds is 3. The highest BCUT2D eigenvalue weighted by atomic mass is 32.1. The van der Waals surface area contributed by atoms with Crippen molar-refractivity contribution in [3.05, 3.63) is 47.2 Å². The number of aromatic nitrogens is 3. The fourth-order valence-electron chi connectivity index (χ4n) is 2.96. The quantitative estimate of drug-likeness (QED) is 0.716. The number of benzene rings is 1. The van der Waals surface area contributed by atoms with E-state index in [0.717, 1.165) is 18.2 Å². The van der Waals surface area contributed by atoms with Gasteiger partial charge >= 0.3 is 0 Å². The lowest BCUT2D eigenvalue weighted by Crippen LogP contribution is -2.46. The van der Waals surface area contributed by atoms with Crippen molar-refractivity contribution in [3.63, 3.8) is 0 Å². The van der Waals surface area contributed by atoms with Gasteiger partial charge in [0.2, 0.25) is 5.89 Å². The zero-order valence-electron chi connectivity index (χ0n) is 14.0. The van der Waals surface area contributed by atoms with Gasteiger partial charge in [-0.15, -0.1) is 11.3 Å². The molecular formula is C17H18FN5OS. The van der Waals surface area contributed by atoms with Crippen molar-refractivity contribution in [2.24, 2.45) is 0 Å². The number of hydrogen-bond donors (Lipinski definition) is 0. The largest absolute Gasteiger partial charge is 0.345 e. The van der Waals surface area contributed by atoms with Gasteiger partial charge in [-0.25, -0.2) is 9.37 Å². The number of anilines is 1. The first-order valence-electron chi connectivity index (χ1n) is 8.07. The van der Waals surface area contributed by atoms with Gasteiger partial charge in [-0.05, 0) is 26.1 Å². The molecule has 4 rings (SSSR count). The van der Waals surface area contributed by atoms with Gasteiger partial charge in [0.1, 0.15) is 11.9 Å². The highest BCUT2D eigenvalue weighted by molar-refractivity contribution is 7.14. The third kappa shape index (κ3) is 3.14. The SMILES string of the molecule is Cc1noc(C2CN(c3nc(-c4ccccc4F)cs3)CCN2C)n1. The van der Waals surface area contributed by atoms with Crippen molar-refractivity contribution in [2.45, 2.75) is 13.0 Å². The molecule has 1 aromatic carbocycles. The van der Waals surface area contributed by atoms with Crippen LogP contribution in [0.3, 0.4) is 0 Å². The Balaban J connectivity index is 1.57. The second kappa shape index (κ2) is 6.53. The number of nitrogens with zero attached hydrogens (tertiary/aromatic N) is 5. The molecule has 25 heavy (non-hydrogen) atoms. The first kappa shape index (κ1) is 16.2. The second-order valence-electron chi connectivity index (χ2n) is 6.12. The first-order chi connectivity index (χ1) is 12.1. The Kier molecular flexibility index (Phi) is 4.22. The Hall–Kier alpha value is -2.32. The van der Waals surface area contributed by atoms with Crippen molar-refractivity contribution >= 4 is 16.5 Å². The molecule has 0 aliphatic carbocycles. The molecule has 1 fully saturated rings. The molecular weight excluding hydrogens is 341 g/mol. The molecule has 0 bridgehead atoms. The van der Waals surface area contributed by atoms with Gasteiger partial charge in [-0.2, -0.15) is 4.98 Å². The molecule has 0 radical (unpaired) electrons. The van der Waals surface area contributed by atoms with Crippen LogP contribution in [0.5, 0.6) is 0 Å². The summed E-state index contributed by atoms with van der Waals surface area (Å²) in [5, 5.41) is 6.67. The van der Waals surface area contributed by atoms with Crippen LogP contribution in [0.4, 0.5) is 9.52 Å². The summed E-state index contributed by atoms with van der Waals surface area (Å²) in [6.07, 6.45) is 0. The predicted molar refractivity (Wildman–Crippen MR) is 94.1 cm³/mol. The monoisotopic (exact) mass is 359 g/mol. The average Bonchev–Trinajstić information content (AvgIpc) is 3.25. The molecule has 3 aromatic rings. The van der Waals surface area contributed by atoms with Crippen LogP contribution in [0, 0.1) is 12.7 Å². The summed E-state index contributed by atoms with van der Waals surface area (Å²) in [6, 6.07) is 6.74. The van der Waals surface area contributed by atoms with Crippen LogP contribution in [-0.4, -0.2) is 46.7 Å². The molecule has 8 heteroatoms. The van der Waals surface area contributed by atoms with Crippen LogP contribution in [0.25, 0.3) is 11.3 Å². The molecule has 1 atom stereocenters. The smallest absolute Gasteiger partial charge is 0.245 e. The van der Waals surface area contributed by atoms with Crippen LogP contribution in [0.15, 0.2) is 34.2 Å². The molecule has 1 unspecified atom stereocenters. The van der Waals surface area contributed by atoms with Crippen LogP contribution >= 0.6 is 11.3 Å². The number of hydrogen-bond acceptors (Lipinski definition) is 7. The zero-order chi connectivity index (χ0) is 17.4. The highest BCUT2D eigenvalue weighted by Crippen LogP contribution is 2.32. The summed E-state index contributed by atoms with van der Waals surface area (Å²) in [7, 11) is 2.05. The standard InChI is InChI=1S/C17H18FN5OS/c1-11-19-16(24-21-11)15-9-23(8-7-22(15)2)17-20-14(10-25-17)12-5-3-4-6-13(12)18/h3-6,10,15H,7-9H2,1-2H3. The van der Waals surface area contributed by atoms with Crippen molar-refractivity contribution < 1.29 is 8.91 Å². The maximum Gasteiger partial charge on any atom is 0.245 e. The second-order valence-corrected chi connectivity index (χ2v) is 6.95. The summed E-state index contributed by atoms with van der Waals surface area (Å²) in [6.45, 7) is 4.24. The molecule has 6 nitrogen and oxygen atoms in total. The average molecular weight is 359 g/mol. The van der Waals surface area contributed by atoms with Crippen LogP contribution < -0.4 is 4.90 Å². The van der Waals surface area contributed by atoms with Gasteiger partial charge in [0.05, 0.1) is 5.69 Å². The fourth-order valence-corrected chi connectivity index (χ4v) is 3.83. The Labute approximate surface area is 148 Å². The van der Waals surface area contributed by atoms with E-state index in [0.29, 0.717) is 29.5 Å². The summed E-state index contributed by atoms with van der Waals surface area (Å²) >= 11 is 1.53. The minimum Gasteiger partial charge on any atom is -0.345 e. The molecule has 0 amide bonds. The summed E-state index contributed by atoms with van der Waals surface area (Å²) < 4.78 is 19.3. The number of likely N-dealkylation sites (N-methyl/N-ethyl adjacent to an activating group) is 1. The number of thiazole rings is 1. The van der Waals surface area contributed by atoms with E-state index in [-0.39, 0.29) is 11.9 Å². The number of halogens is 1. The molecule has 130 valence electrons. The predicted octanol–water partition coefficient (Wildman–Crippen LogP) is 3.13. The van der Waals surface area contributed by atoms with E-state index in [4.69, 9.17) is 4.52 Å². The van der Waals surface area contributed by atoms with E-state index in [1.54, 1.807) is 12.1 Å². The van der Waals surface area contributed by atoms with Crippen LogP contribution in [-0.2, 0) is 0 Å². The molecule has 2 aromatic heterocycles. The van der Waals surface area contributed by atoms with E-state index in [9.17, 15) is 4.39 Å². The lowest BCUT2D eigenvalue weighted by molar-refractivity contribution is 0.177. The van der Waals surface area contributed by atoms with Gasteiger partial charge in [0.25, 0.3) is 0 Å². The van der Waals surface area contributed by atoms with Gasteiger partial charge in [-0.1, -0.05) is 17.3 Å². The van der Waals surface area contributed by atoms with Gasteiger partial charge < -0.3 is 9.42 Å².